The fourth-order valence-electron chi connectivity index (χ4n) is 1.51. The molecule has 0 aromatic carbocycles. The summed E-state index contributed by atoms with van der Waals surface area (Å²) in [7, 11) is 0. The second-order valence-electron chi connectivity index (χ2n) is 3.71. The largest absolute Gasteiger partial charge is 0.409 e. The van der Waals surface area contributed by atoms with Gasteiger partial charge in [-0.2, -0.15) is 11.8 Å². The molecule has 5 nitrogen and oxygen atoms in total. The molecule has 1 heterocycles. The highest BCUT2D eigenvalue weighted by molar-refractivity contribution is 7.99. The summed E-state index contributed by atoms with van der Waals surface area (Å²) in [4.78, 5) is 13.7. The van der Waals surface area contributed by atoms with E-state index in [9.17, 15) is 4.79 Å². The van der Waals surface area contributed by atoms with Gasteiger partial charge in [-0.05, 0) is 6.92 Å². The van der Waals surface area contributed by atoms with E-state index in [4.69, 9.17) is 10.9 Å². The number of thioether (sulfide) groups is 1. The van der Waals surface area contributed by atoms with Gasteiger partial charge in [0.2, 0.25) is 5.91 Å². The summed E-state index contributed by atoms with van der Waals surface area (Å²) in [5, 5.41) is 11.8. The molecular formula is C9H17N3O2S. The Labute approximate surface area is 93.7 Å². The average Bonchev–Trinajstić information content (AvgIpc) is 2.26. The summed E-state index contributed by atoms with van der Waals surface area (Å²) in [5.41, 5.74) is 5.41. The van der Waals surface area contributed by atoms with Crippen molar-refractivity contribution in [1.82, 2.24) is 4.90 Å². The van der Waals surface area contributed by atoms with Gasteiger partial charge >= 0.3 is 0 Å². The third-order valence-electron chi connectivity index (χ3n) is 2.48. The lowest BCUT2D eigenvalue weighted by Crippen LogP contribution is -2.46. The minimum atomic E-state index is -0.537. The molecule has 1 amide bonds. The van der Waals surface area contributed by atoms with Crippen molar-refractivity contribution in [2.24, 2.45) is 16.8 Å². The fourth-order valence-corrected chi connectivity index (χ4v) is 2.52. The van der Waals surface area contributed by atoms with Gasteiger partial charge in [-0.3, -0.25) is 4.79 Å². The van der Waals surface area contributed by atoms with Crippen molar-refractivity contribution in [1.29, 1.82) is 0 Å². The molecular weight excluding hydrogens is 214 g/mol. The molecule has 1 aliphatic rings. The van der Waals surface area contributed by atoms with Crippen LogP contribution in [0.4, 0.5) is 0 Å². The van der Waals surface area contributed by atoms with E-state index in [2.05, 4.69) is 12.1 Å². The molecule has 1 fully saturated rings. The topological polar surface area (TPSA) is 78.9 Å². The van der Waals surface area contributed by atoms with E-state index >= 15 is 0 Å². The molecule has 15 heavy (non-hydrogen) atoms. The molecule has 0 aliphatic carbocycles. The number of rotatable bonds is 2. The lowest BCUT2D eigenvalue weighted by Gasteiger charge is -2.32. The van der Waals surface area contributed by atoms with Crippen LogP contribution in [-0.2, 0) is 4.79 Å². The number of hydrogen-bond acceptors (Lipinski definition) is 4. The first-order valence-electron chi connectivity index (χ1n) is 4.94. The van der Waals surface area contributed by atoms with Crippen LogP contribution in [0.2, 0.25) is 0 Å². The van der Waals surface area contributed by atoms with Crippen molar-refractivity contribution in [2.45, 2.75) is 19.1 Å². The van der Waals surface area contributed by atoms with Gasteiger partial charge in [0, 0.05) is 24.1 Å². The summed E-state index contributed by atoms with van der Waals surface area (Å²) in [6.07, 6.45) is 0. The molecule has 2 unspecified atom stereocenters. The van der Waals surface area contributed by atoms with Gasteiger partial charge in [-0.15, -0.1) is 0 Å². The van der Waals surface area contributed by atoms with Crippen LogP contribution in [0.25, 0.3) is 0 Å². The Morgan fingerprint density at radius 2 is 2.40 bits per heavy atom. The number of nitrogens with zero attached hydrogens (tertiary/aromatic N) is 2. The van der Waals surface area contributed by atoms with Crippen molar-refractivity contribution in [3.63, 3.8) is 0 Å². The third kappa shape index (κ3) is 3.02. The molecule has 0 radical (unpaired) electrons. The Morgan fingerprint density at radius 1 is 1.73 bits per heavy atom. The Kier molecular flexibility index (Phi) is 4.26. The zero-order valence-electron chi connectivity index (χ0n) is 9.01. The van der Waals surface area contributed by atoms with E-state index in [0.29, 0.717) is 5.25 Å². The molecule has 3 N–H and O–H groups in total. The summed E-state index contributed by atoms with van der Waals surface area (Å²) in [5.74, 6) is 0.337. The van der Waals surface area contributed by atoms with E-state index in [1.165, 1.54) is 0 Å². The first kappa shape index (κ1) is 12.2. The number of nitrogens with two attached hydrogens (primary N) is 1. The molecule has 6 heteroatoms. The highest BCUT2D eigenvalue weighted by atomic mass is 32.2. The summed E-state index contributed by atoms with van der Waals surface area (Å²) in [6, 6.07) is 0. The normalized spacial score (nSPS) is 25.1. The zero-order valence-corrected chi connectivity index (χ0v) is 9.83. The quantitative estimate of drug-likeness (QED) is 0.311. The van der Waals surface area contributed by atoms with Crippen LogP contribution in [0.3, 0.4) is 0 Å². The Bertz CT molecular complexity index is 270. The lowest BCUT2D eigenvalue weighted by molar-refractivity contribution is -0.132. The summed E-state index contributed by atoms with van der Waals surface area (Å²) >= 11 is 1.86. The van der Waals surface area contributed by atoms with Crippen molar-refractivity contribution in [3.05, 3.63) is 0 Å². The molecule has 0 bridgehead atoms. The van der Waals surface area contributed by atoms with E-state index < -0.39 is 5.92 Å². The molecule has 0 aromatic rings. The molecule has 2 atom stereocenters. The Hall–Kier alpha value is -0.910. The monoisotopic (exact) mass is 231 g/mol. The highest BCUT2D eigenvalue weighted by Crippen LogP contribution is 2.19. The summed E-state index contributed by atoms with van der Waals surface area (Å²) in [6.45, 7) is 5.24. The molecule has 0 spiro atoms. The van der Waals surface area contributed by atoms with Gasteiger partial charge in [0.1, 0.15) is 0 Å². The lowest BCUT2D eigenvalue weighted by atomic mass is 10.1. The maximum atomic E-state index is 11.9. The Balaban J connectivity index is 2.59. The SMILES string of the molecule is CC1CN(C(=O)C(C)C(N)=NO)CCS1. The number of carbonyl (C=O) groups is 1. The number of carbonyl (C=O) groups excluding carboxylic acids is 1. The van der Waals surface area contributed by atoms with Crippen molar-refractivity contribution < 1.29 is 10.0 Å². The van der Waals surface area contributed by atoms with Gasteiger partial charge in [-0.1, -0.05) is 12.1 Å². The van der Waals surface area contributed by atoms with Crippen LogP contribution in [0, 0.1) is 5.92 Å². The fraction of sp³-hybridized carbons (Fsp3) is 0.778. The van der Waals surface area contributed by atoms with Crippen molar-refractivity contribution in [2.75, 3.05) is 18.8 Å². The second kappa shape index (κ2) is 5.25. The molecule has 0 saturated carbocycles. The molecule has 1 aliphatic heterocycles. The van der Waals surface area contributed by atoms with Gasteiger partial charge in [-0.25, -0.2) is 0 Å². The standard InChI is InChI=1S/C9H17N3O2S/c1-6-5-12(3-4-15-6)9(13)7(2)8(10)11-14/h6-7,14H,3-5H2,1-2H3,(H2,10,11). The van der Waals surface area contributed by atoms with Crippen molar-refractivity contribution in [3.8, 4) is 0 Å². The molecule has 0 aromatic heterocycles. The third-order valence-corrected chi connectivity index (χ3v) is 3.62. The minimum absolute atomic E-state index is 0.0223. The first-order valence-corrected chi connectivity index (χ1v) is 5.99. The van der Waals surface area contributed by atoms with Crippen LogP contribution < -0.4 is 5.73 Å². The van der Waals surface area contributed by atoms with Crippen LogP contribution >= 0.6 is 11.8 Å². The maximum Gasteiger partial charge on any atom is 0.233 e. The molecule has 86 valence electrons. The first-order chi connectivity index (χ1) is 7.06. The van der Waals surface area contributed by atoms with Gasteiger partial charge in [0.05, 0.1) is 5.92 Å². The molecule has 1 rings (SSSR count). The highest BCUT2D eigenvalue weighted by Gasteiger charge is 2.27. The smallest absolute Gasteiger partial charge is 0.233 e. The van der Waals surface area contributed by atoms with Crippen LogP contribution in [0.15, 0.2) is 5.16 Å². The maximum absolute atomic E-state index is 11.9. The van der Waals surface area contributed by atoms with Gasteiger partial charge in [0.25, 0.3) is 0 Å². The zero-order chi connectivity index (χ0) is 11.4. The number of hydrogen-bond donors (Lipinski definition) is 2. The molecule has 1 saturated heterocycles. The second-order valence-corrected chi connectivity index (χ2v) is 5.26. The Morgan fingerprint density at radius 3 is 2.93 bits per heavy atom. The predicted molar refractivity (Wildman–Crippen MR) is 61.1 cm³/mol. The average molecular weight is 231 g/mol. The summed E-state index contributed by atoms with van der Waals surface area (Å²) < 4.78 is 0. The number of amides is 1. The van der Waals surface area contributed by atoms with E-state index in [0.717, 1.165) is 18.8 Å². The van der Waals surface area contributed by atoms with Crippen molar-refractivity contribution >= 4 is 23.5 Å². The van der Waals surface area contributed by atoms with Gasteiger partial charge in [0.15, 0.2) is 5.84 Å². The van der Waals surface area contributed by atoms with Crippen LogP contribution in [0.1, 0.15) is 13.8 Å². The van der Waals surface area contributed by atoms with Crippen LogP contribution in [0.5, 0.6) is 0 Å². The van der Waals surface area contributed by atoms with E-state index in [-0.39, 0.29) is 11.7 Å². The predicted octanol–water partition coefficient (Wildman–Crippen LogP) is 0.333. The van der Waals surface area contributed by atoms with E-state index in [1.807, 2.05) is 11.8 Å². The van der Waals surface area contributed by atoms with Gasteiger partial charge < -0.3 is 15.8 Å². The number of oxime groups is 1. The number of amidine groups is 1. The van der Waals surface area contributed by atoms with E-state index in [1.54, 1.807) is 11.8 Å². The minimum Gasteiger partial charge on any atom is -0.409 e. The van der Waals surface area contributed by atoms with Crippen LogP contribution in [-0.4, -0.2) is 45.9 Å².